The number of hydrogen-bond donors (Lipinski definition) is 1. The maximum atomic E-state index is 6.04. The highest BCUT2D eigenvalue weighted by atomic mass is 35.5. The highest BCUT2D eigenvalue weighted by Gasteiger charge is 2.12. The zero-order valence-electron chi connectivity index (χ0n) is 11.4. The molecule has 0 bridgehead atoms. The molecule has 0 atom stereocenters. The molecule has 0 radical (unpaired) electrons. The largest absolute Gasteiger partial charge is 0.495 e. The molecular formula is C14H16ClN3O. The second-order valence-electron chi connectivity index (χ2n) is 4.19. The molecule has 0 amide bonds. The molecule has 0 unspecified atom stereocenters. The summed E-state index contributed by atoms with van der Waals surface area (Å²) in [6.45, 7) is 3.86. The molecule has 100 valence electrons. The van der Waals surface area contributed by atoms with Crippen LogP contribution in [0, 0.1) is 13.8 Å². The number of hydrogen-bond acceptors (Lipinski definition) is 4. The lowest BCUT2D eigenvalue weighted by atomic mass is 10.1. The minimum Gasteiger partial charge on any atom is -0.495 e. The fraction of sp³-hybridized carbons (Fsp3) is 0.286. The van der Waals surface area contributed by atoms with Gasteiger partial charge in [0.05, 0.1) is 17.8 Å². The van der Waals surface area contributed by atoms with E-state index in [1.54, 1.807) is 7.11 Å². The summed E-state index contributed by atoms with van der Waals surface area (Å²) >= 11 is 6.04. The van der Waals surface area contributed by atoms with Crippen molar-refractivity contribution in [1.29, 1.82) is 0 Å². The molecule has 0 aliphatic heterocycles. The van der Waals surface area contributed by atoms with Crippen molar-refractivity contribution >= 4 is 17.4 Å². The highest BCUT2D eigenvalue weighted by Crippen LogP contribution is 2.32. The van der Waals surface area contributed by atoms with Crippen molar-refractivity contribution in [3.8, 4) is 17.0 Å². The number of nitrogens with one attached hydrogen (secondary N) is 1. The lowest BCUT2D eigenvalue weighted by Gasteiger charge is -2.12. The second-order valence-corrected chi connectivity index (χ2v) is 4.60. The average molecular weight is 278 g/mol. The number of ether oxygens (including phenoxy) is 1. The van der Waals surface area contributed by atoms with Crippen LogP contribution in [0.2, 0.25) is 5.02 Å². The first-order valence-electron chi connectivity index (χ1n) is 5.93. The van der Waals surface area contributed by atoms with E-state index in [0.717, 1.165) is 28.5 Å². The van der Waals surface area contributed by atoms with Crippen LogP contribution in [-0.2, 0) is 0 Å². The van der Waals surface area contributed by atoms with Gasteiger partial charge in [-0.3, -0.25) is 0 Å². The Morgan fingerprint density at radius 3 is 2.58 bits per heavy atom. The van der Waals surface area contributed by atoms with E-state index >= 15 is 0 Å². The molecule has 0 spiro atoms. The summed E-state index contributed by atoms with van der Waals surface area (Å²) < 4.78 is 5.24. The lowest BCUT2D eigenvalue weighted by Crippen LogP contribution is -2.02. The zero-order valence-corrected chi connectivity index (χ0v) is 12.2. The van der Waals surface area contributed by atoms with Crippen LogP contribution in [0.3, 0.4) is 0 Å². The van der Waals surface area contributed by atoms with Crippen LogP contribution < -0.4 is 10.1 Å². The van der Waals surface area contributed by atoms with Crippen molar-refractivity contribution < 1.29 is 4.74 Å². The highest BCUT2D eigenvalue weighted by molar-refractivity contribution is 6.32. The van der Waals surface area contributed by atoms with Gasteiger partial charge in [-0.25, -0.2) is 9.97 Å². The van der Waals surface area contributed by atoms with Gasteiger partial charge in [0.25, 0.3) is 0 Å². The molecule has 1 N–H and O–H groups in total. The van der Waals surface area contributed by atoms with Gasteiger partial charge in [0, 0.05) is 18.2 Å². The van der Waals surface area contributed by atoms with Crippen molar-refractivity contribution in [1.82, 2.24) is 9.97 Å². The third kappa shape index (κ3) is 2.63. The summed E-state index contributed by atoms with van der Waals surface area (Å²) in [7, 11) is 3.45. The summed E-state index contributed by atoms with van der Waals surface area (Å²) in [6, 6.07) is 5.63. The smallest absolute Gasteiger partial charge is 0.138 e. The normalized spacial score (nSPS) is 10.4. The van der Waals surface area contributed by atoms with Crippen LogP contribution in [0.15, 0.2) is 18.2 Å². The van der Waals surface area contributed by atoms with Gasteiger partial charge < -0.3 is 10.1 Å². The summed E-state index contributed by atoms with van der Waals surface area (Å²) in [6.07, 6.45) is 0. The van der Waals surface area contributed by atoms with E-state index < -0.39 is 0 Å². The number of anilines is 1. The van der Waals surface area contributed by atoms with Gasteiger partial charge in [0.15, 0.2) is 0 Å². The second kappa shape index (κ2) is 5.45. The van der Waals surface area contributed by atoms with Crippen molar-refractivity contribution in [3.05, 3.63) is 34.6 Å². The first-order valence-corrected chi connectivity index (χ1v) is 6.31. The monoisotopic (exact) mass is 277 g/mol. The number of halogens is 1. The minimum atomic E-state index is 0.587. The van der Waals surface area contributed by atoms with Crippen molar-refractivity contribution in [3.63, 3.8) is 0 Å². The Morgan fingerprint density at radius 2 is 1.95 bits per heavy atom. The molecule has 2 aromatic rings. The molecule has 0 aliphatic rings. The third-order valence-electron chi connectivity index (χ3n) is 2.92. The first-order chi connectivity index (χ1) is 9.06. The molecule has 0 aliphatic carbocycles. The quantitative estimate of drug-likeness (QED) is 0.933. The molecule has 1 heterocycles. The van der Waals surface area contributed by atoms with E-state index in [1.807, 2.05) is 39.1 Å². The van der Waals surface area contributed by atoms with E-state index in [9.17, 15) is 0 Å². The summed E-state index contributed by atoms with van der Waals surface area (Å²) in [4.78, 5) is 8.86. The van der Waals surface area contributed by atoms with E-state index in [-0.39, 0.29) is 0 Å². The van der Waals surface area contributed by atoms with Gasteiger partial charge >= 0.3 is 0 Å². The molecule has 2 rings (SSSR count). The van der Waals surface area contributed by atoms with Gasteiger partial charge in [-0.15, -0.1) is 0 Å². The summed E-state index contributed by atoms with van der Waals surface area (Å²) in [5.41, 5.74) is 2.84. The molecule has 0 saturated heterocycles. The van der Waals surface area contributed by atoms with Gasteiger partial charge in [0.2, 0.25) is 0 Å². The number of aromatic nitrogens is 2. The maximum absolute atomic E-state index is 6.04. The lowest BCUT2D eigenvalue weighted by molar-refractivity contribution is 0.415. The van der Waals surface area contributed by atoms with Crippen molar-refractivity contribution in [2.75, 3.05) is 19.5 Å². The van der Waals surface area contributed by atoms with Gasteiger partial charge in [0.1, 0.15) is 17.4 Å². The number of methoxy groups -OCH3 is 1. The summed E-state index contributed by atoms with van der Waals surface area (Å²) in [5, 5.41) is 3.66. The molecule has 1 aromatic carbocycles. The molecular weight excluding hydrogens is 262 g/mol. The van der Waals surface area contributed by atoms with E-state index in [4.69, 9.17) is 16.3 Å². The van der Waals surface area contributed by atoms with Crippen LogP contribution >= 0.6 is 11.6 Å². The fourth-order valence-electron chi connectivity index (χ4n) is 1.96. The SMILES string of the molecule is CNc1nc(C)nc(-c2ccc(Cl)c(OC)c2)c1C. The average Bonchev–Trinajstić information content (AvgIpc) is 2.41. The Balaban J connectivity index is 2.61. The van der Waals surface area contributed by atoms with Crippen molar-refractivity contribution in [2.45, 2.75) is 13.8 Å². The third-order valence-corrected chi connectivity index (χ3v) is 3.23. The van der Waals surface area contributed by atoms with Crippen LogP contribution in [-0.4, -0.2) is 24.1 Å². The minimum absolute atomic E-state index is 0.587. The van der Waals surface area contributed by atoms with Crippen molar-refractivity contribution in [2.24, 2.45) is 0 Å². The standard InChI is InChI=1S/C14H16ClN3O/c1-8-13(17-9(2)18-14(8)16-3)10-5-6-11(15)12(7-10)19-4/h5-7H,1-4H3,(H,16,17,18). The van der Waals surface area contributed by atoms with Gasteiger partial charge in [-0.1, -0.05) is 17.7 Å². The zero-order chi connectivity index (χ0) is 14.0. The van der Waals surface area contributed by atoms with Crippen LogP contribution in [0.5, 0.6) is 5.75 Å². The predicted octanol–water partition coefficient (Wildman–Crippen LogP) is 3.46. The van der Waals surface area contributed by atoms with Gasteiger partial charge in [-0.2, -0.15) is 0 Å². The first kappa shape index (κ1) is 13.6. The predicted molar refractivity (Wildman–Crippen MR) is 78.1 cm³/mol. The molecule has 0 fully saturated rings. The number of nitrogens with zero attached hydrogens (tertiary/aromatic N) is 2. The van der Waals surface area contributed by atoms with Crippen LogP contribution in [0.25, 0.3) is 11.3 Å². The van der Waals surface area contributed by atoms with Gasteiger partial charge in [-0.05, 0) is 26.0 Å². The molecule has 19 heavy (non-hydrogen) atoms. The van der Waals surface area contributed by atoms with Crippen LogP contribution in [0.1, 0.15) is 11.4 Å². The van der Waals surface area contributed by atoms with E-state index in [2.05, 4.69) is 15.3 Å². The van der Waals surface area contributed by atoms with E-state index in [0.29, 0.717) is 10.8 Å². The Hall–Kier alpha value is -1.81. The number of benzene rings is 1. The number of rotatable bonds is 3. The maximum Gasteiger partial charge on any atom is 0.138 e. The summed E-state index contributed by atoms with van der Waals surface area (Å²) in [5.74, 6) is 2.19. The topological polar surface area (TPSA) is 47.0 Å². The number of aryl methyl sites for hydroxylation is 1. The van der Waals surface area contributed by atoms with E-state index in [1.165, 1.54) is 0 Å². The molecule has 5 heteroatoms. The van der Waals surface area contributed by atoms with Crippen LogP contribution in [0.4, 0.5) is 5.82 Å². The Kier molecular flexibility index (Phi) is 3.90. The molecule has 4 nitrogen and oxygen atoms in total. The molecule has 1 aromatic heterocycles. The molecule has 0 saturated carbocycles. The Labute approximate surface area is 117 Å². The Morgan fingerprint density at radius 1 is 1.21 bits per heavy atom. The Bertz CT molecular complexity index is 614. The fourth-order valence-corrected chi connectivity index (χ4v) is 2.15.